The number of urea groups is 1. The van der Waals surface area contributed by atoms with Gasteiger partial charge in [-0.25, -0.2) is 4.79 Å². The molecule has 8 heteroatoms. The summed E-state index contributed by atoms with van der Waals surface area (Å²) in [6, 6.07) is -0.0387. The highest BCUT2D eigenvalue weighted by molar-refractivity contribution is 5.85. The lowest BCUT2D eigenvalue weighted by atomic mass is 9.95. The van der Waals surface area contributed by atoms with Crippen LogP contribution >= 0.6 is 12.4 Å². The molecule has 3 amide bonds. The summed E-state index contributed by atoms with van der Waals surface area (Å²) < 4.78 is 5.81. The number of hydrogen-bond acceptors (Lipinski definition) is 4. The number of nitrogens with two attached hydrogens (primary N) is 1. The molecule has 0 bridgehead atoms. The van der Waals surface area contributed by atoms with Gasteiger partial charge in [-0.2, -0.15) is 0 Å². The maximum Gasteiger partial charge on any atom is 0.317 e. The molecule has 3 N–H and O–H groups in total. The van der Waals surface area contributed by atoms with Gasteiger partial charge in [-0.05, 0) is 44.6 Å². The number of piperidine rings is 2. The number of hydrogen-bond donors (Lipinski definition) is 2. The fourth-order valence-electron chi connectivity index (χ4n) is 3.60. The van der Waals surface area contributed by atoms with Gasteiger partial charge in [0.15, 0.2) is 0 Å². The zero-order chi connectivity index (χ0) is 18.9. The van der Waals surface area contributed by atoms with E-state index in [1.165, 1.54) is 0 Å². The van der Waals surface area contributed by atoms with Gasteiger partial charge in [0.1, 0.15) is 0 Å². The van der Waals surface area contributed by atoms with E-state index in [9.17, 15) is 9.59 Å². The third-order valence-electron chi connectivity index (χ3n) is 5.18. The van der Waals surface area contributed by atoms with Crippen LogP contribution in [0.1, 0.15) is 46.0 Å². The van der Waals surface area contributed by atoms with Gasteiger partial charge in [-0.1, -0.05) is 13.8 Å². The summed E-state index contributed by atoms with van der Waals surface area (Å²) in [4.78, 5) is 28.9. The predicted molar refractivity (Wildman–Crippen MR) is 109 cm³/mol. The number of halogens is 1. The molecule has 0 spiro atoms. The Morgan fingerprint density at radius 1 is 1.15 bits per heavy atom. The Balaban J connectivity index is 0.00000364. The van der Waals surface area contributed by atoms with Crippen molar-refractivity contribution in [2.45, 2.75) is 52.1 Å². The average molecular weight is 405 g/mol. The van der Waals surface area contributed by atoms with E-state index in [1.54, 1.807) is 4.90 Å². The summed E-state index contributed by atoms with van der Waals surface area (Å²) in [7, 11) is 0. The number of nitrogens with zero attached hydrogens (tertiary/aromatic N) is 2. The van der Waals surface area contributed by atoms with E-state index >= 15 is 0 Å². The molecule has 0 saturated carbocycles. The Bertz CT molecular complexity index is 456. The maximum absolute atomic E-state index is 12.9. The first kappa shape index (κ1) is 24.0. The quantitative estimate of drug-likeness (QED) is 0.634. The smallest absolute Gasteiger partial charge is 0.317 e. The molecule has 158 valence electrons. The van der Waals surface area contributed by atoms with Crippen molar-refractivity contribution in [1.29, 1.82) is 0 Å². The van der Waals surface area contributed by atoms with E-state index in [2.05, 4.69) is 19.2 Å². The molecule has 2 fully saturated rings. The number of nitrogens with one attached hydrogen (secondary N) is 1. The van der Waals surface area contributed by atoms with Gasteiger partial charge in [0.2, 0.25) is 5.91 Å². The second-order valence-corrected chi connectivity index (χ2v) is 7.90. The minimum absolute atomic E-state index is 0. The molecule has 0 aromatic rings. The number of ether oxygens (including phenoxy) is 1. The Morgan fingerprint density at radius 2 is 1.85 bits per heavy atom. The fourth-order valence-corrected chi connectivity index (χ4v) is 3.60. The molecule has 0 aromatic heterocycles. The van der Waals surface area contributed by atoms with Gasteiger partial charge in [-0.3, -0.25) is 4.79 Å². The molecule has 0 aliphatic carbocycles. The summed E-state index contributed by atoms with van der Waals surface area (Å²) in [5.74, 6) is 0.560. The lowest BCUT2D eigenvalue weighted by Crippen LogP contribution is -2.51. The number of carbonyl (C=O) groups is 2. The van der Waals surface area contributed by atoms with E-state index in [1.807, 2.05) is 4.90 Å². The topological polar surface area (TPSA) is 87.9 Å². The monoisotopic (exact) mass is 404 g/mol. The SMILES string of the molecule is CC(C)CNC(=O)N1CCCC(C(=O)N2CCC(OCCCN)CC2)C1.Cl. The number of likely N-dealkylation sites (tertiary alicyclic amines) is 2. The van der Waals surface area contributed by atoms with Crippen molar-refractivity contribution < 1.29 is 14.3 Å². The zero-order valence-corrected chi connectivity index (χ0v) is 17.6. The van der Waals surface area contributed by atoms with E-state index in [-0.39, 0.29) is 36.4 Å². The Kier molecular flexibility index (Phi) is 11.0. The summed E-state index contributed by atoms with van der Waals surface area (Å²) in [6.45, 7) is 8.97. The van der Waals surface area contributed by atoms with Gasteiger partial charge in [0, 0.05) is 39.3 Å². The Labute approximate surface area is 169 Å². The summed E-state index contributed by atoms with van der Waals surface area (Å²) >= 11 is 0. The predicted octanol–water partition coefficient (Wildman–Crippen LogP) is 1.84. The Hall–Kier alpha value is -1.05. The van der Waals surface area contributed by atoms with Crippen LogP contribution in [-0.2, 0) is 9.53 Å². The molecular formula is C19H37ClN4O3. The number of carbonyl (C=O) groups excluding carboxylic acids is 2. The molecule has 2 aliphatic heterocycles. The van der Waals surface area contributed by atoms with Gasteiger partial charge in [-0.15, -0.1) is 12.4 Å². The largest absolute Gasteiger partial charge is 0.378 e. The van der Waals surface area contributed by atoms with Crippen molar-refractivity contribution in [2.75, 3.05) is 45.9 Å². The van der Waals surface area contributed by atoms with Crippen molar-refractivity contribution in [1.82, 2.24) is 15.1 Å². The molecule has 1 unspecified atom stereocenters. The van der Waals surface area contributed by atoms with Crippen LogP contribution in [0.25, 0.3) is 0 Å². The average Bonchev–Trinajstić information content (AvgIpc) is 2.66. The van der Waals surface area contributed by atoms with Crippen LogP contribution in [0.3, 0.4) is 0 Å². The highest BCUT2D eigenvalue weighted by atomic mass is 35.5. The lowest BCUT2D eigenvalue weighted by molar-refractivity contribution is -0.139. The zero-order valence-electron chi connectivity index (χ0n) is 16.8. The van der Waals surface area contributed by atoms with Gasteiger partial charge < -0.3 is 25.6 Å². The van der Waals surface area contributed by atoms with Crippen LogP contribution in [0.15, 0.2) is 0 Å². The normalized spacial score (nSPS) is 21.1. The maximum atomic E-state index is 12.9. The third kappa shape index (κ3) is 7.84. The van der Waals surface area contributed by atoms with E-state index in [0.29, 0.717) is 32.2 Å². The summed E-state index contributed by atoms with van der Waals surface area (Å²) in [6.07, 6.45) is 4.68. The first-order valence-electron chi connectivity index (χ1n) is 10.1. The van der Waals surface area contributed by atoms with Crippen LogP contribution in [0.4, 0.5) is 4.79 Å². The second-order valence-electron chi connectivity index (χ2n) is 7.90. The molecule has 0 radical (unpaired) electrons. The first-order valence-corrected chi connectivity index (χ1v) is 10.1. The van der Waals surface area contributed by atoms with Crippen LogP contribution < -0.4 is 11.1 Å². The van der Waals surface area contributed by atoms with E-state index in [0.717, 1.165) is 51.7 Å². The van der Waals surface area contributed by atoms with Crippen LogP contribution in [0, 0.1) is 11.8 Å². The molecule has 7 nitrogen and oxygen atoms in total. The molecule has 2 aliphatic rings. The van der Waals surface area contributed by atoms with Crippen LogP contribution in [0.2, 0.25) is 0 Å². The van der Waals surface area contributed by atoms with Gasteiger partial charge in [0.25, 0.3) is 0 Å². The standard InChI is InChI=1S/C19H36N4O3.ClH/c1-15(2)13-21-19(25)23-9-3-5-16(14-23)18(24)22-10-6-17(7-11-22)26-12-4-8-20;/h15-17H,3-14,20H2,1-2H3,(H,21,25);1H. The molecule has 27 heavy (non-hydrogen) atoms. The van der Waals surface area contributed by atoms with Crippen molar-refractivity contribution in [3.8, 4) is 0 Å². The molecule has 0 aromatic carbocycles. The van der Waals surface area contributed by atoms with Crippen molar-refractivity contribution in [2.24, 2.45) is 17.6 Å². The highest BCUT2D eigenvalue weighted by Crippen LogP contribution is 2.22. The fraction of sp³-hybridized carbons (Fsp3) is 0.895. The molecule has 2 rings (SSSR count). The molecular weight excluding hydrogens is 368 g/mol. The highest BCUT2D eigenvalue weighted by Gasteiger charge is 2.33. The summed E-state index contributed by atoms with van der Waals surface area (Å²) in [5, 5.41) is 2.96. The molecule has 2 heterocycles. The minimum atomic E-state index is -0.0664. The van der Waals surface area contributed by atoms with Gasteiger partial charge >= 0.3 is 6.03 Å². The van der Waals surface area contributed by atoms with Crippen molar-refractivity contribution >= 4 is 24.3 Å². The van der Waals surface area contributed by atoms with Crippen molar-refractivity contribution in [3.63, 3.8) is 0 Å². The number of amides is 3. The van der Waals surface area contributed by atoms with Crippen LogP contribution in [-0.4, -0.2) is 73.7 Å². The minimum Gasteiger partial charge on any atom is -0.378 e. The molecule has 2 saturated heterocycles. The Morgan fingerprint density at radius 3 is 2.48 bits per heavy atom. The number of rotatable bonds is 7. The second kappa shape index (κ2) is 12.4. The summed E-state index contributed by atoms with van der Waals surface area (Å²) in [5.41, 5.74) is 5.49. The van der Waals surface area contributed by atoms with Gasteiger partial charge in [0.05, 0.1) is 12.0 Å². The van der Waals surface area contributed by atoms with Crippen molar-refractivity contribution in [3.05, 3.63) is 0 Å². The van der Waals surface area contributed by atoms with E-state index in [4.69, 9.17) is 10.5 Å². The third-order valence-corrected chi connectivity index (χ3v) is 5.18. The molecule has 1 atom stereocenters. The van der Waals surface area contributed by atoms with Crippen LogP contribution in [0.5, 0.6) is 0 Å². The first-order chi connectivity index (χ1) is 12.5. The van der Waals surface area contributed by atoms with E-state index < -0.39 is 0 Å². The lowest BCUT2D eigenvalue weighted by Gasteiger charge is -2.37.